The predicted molar refractivity (Wildman–Crippen MR) is 98.5 cm³/mol. The largest absolute Gasteiger partial charge is 0.464 e. The molecule has 26 heavy (non-hydrogen) atoms. The van der Waals surface area contributed by atoms with E-state index in [-0.39, 0.29) is 24.6 Å². The maximum Gasteiger partial charge on any atom is 0.317 e. The van der Waals surface area contributed by atoms with Crippen molar-refractivity contribution in [3.63, 3.8) is 0 Å². The second-order valence-electron chi connectivity index (χ2n) is 8.04. The zero-order valence-electron chi connectivity index (χ0n) is 16.0. The minimum absolute atomic E-state index is 0.0285. The first kappa shape index (κ1) is 18.9. The molecule has 0 saturated carbocycles. The van der Waals surface area contributed by atoms with Gasteiger partial charge in [0.05, 0.1) is 26.2 Å². The summed E-state index contributed by atoms with van der Waals surface area (Å²) in [7, 11) is 4.58. The summed E-state index contributed by atoms with van der Waals surface area (Å²) in [5.74, 6) is -1.14. The number of hydrogen-bond donors (Lipinski definition) is 0. The van der Waals surface area contributed by atoms with Gasteiger partial charge in [-0.1, -0.05) is 37.3 Å². The molecule has 142 valence electrons. The van der Waals surface area contributed by atoms with Crippen LogP contribution in [0.4, 0.5) is 0 Å². The van der Waals surface area contributed by atoms with Gasteiger partial charge in [0.1, 0.15) is 18.6 Å². The highest BCUT2D eigenvalue weighted by molar-refractivity contribution is 5.79. The SMILES string of the molecule is CCC(=O)OCC(C(=O)OC1C[C@H]2CC[C@@H](C1)[N+]2(C)C)c1ccccc1. The van der Waals surface area contributed by atoms with Crippen LogP contribution in [0, 0.1) is 0 Å². The van der Waals surface area contributed by atoms with Crippen LogP contribution in [0.2, 0.25) is 0 Å². The highest BCUT2D eigenvalue weighted by Crippen LogP contribution is 2.40. The van der Waals surface area contributed by atoms with Crippen LogP contribution in [0.15, 0.2) is 30.3 Å². The van der Waals surface area contributed by atoms with Crippen LogP contribution in [0.3, 0.4) is 0 Å². The monoisotopic (exact) mass is 360 g/mol. The van der Waals surface area contributed by atoms with Crippen LogP contribution in [-0.2, 0) is 19.1 Å². The third-order valence-electron chi connectivity index (χ3n) is 6.25. The van der Waals surface area contributed by atoms with Crippen molar-refractivity contribution in [1.82, 2.24) is 0 Å². The Morgan fingerprint density at radius 2 is 1.73 bits per heavy atom. The van der Waals surface area contributed by atoms with E-state index in [1.807, 2.05) is 30.3 Å². The molecule has 5 nitrogen and oxygen atoms in total. The highest BCUT2D eigenvalue weighted by atomic mass is 16.6. The molecule has 2 heterocycles. The van der Waals surface area contributed by atoms with Crippen LogP contribution in [0.25, 0.3) is 0 Å². The summed E-state index contributed by atoms with van der Waals surface area (Å²) in [5, 5.41) is 0. The van der Waals surface area contributed by atoms with Crippen LogP contribution in [0.1, 0.15) is 50.5 Å². The lowest BCUT2D eigenvalue weighted by Crippen LogP contribution is -2.56. The number of nitrogens with zero attached hydrogens (tertiary/aromatic N) is 1. The van der Waals surface area contributed by atoms with E-state index in [9.17, 15) is 9.59 Å². The molecule has 2 saturated heterocycles. The minimum Gasteiger partial charge on any atom is -0.464 e. The van der Waals surface area contributed by atoms with Gasteiger partial charge in [-0.25, -0.2) is 0 Å². The molecule has 1 aromatic carbocycles. The summed E-state index contributed by atoms with van der Waals surface area (Å²) in [6.45, 7) is 1.78. The third-order valence-corrected chi connectivity index (χ3v) is 6.25. The Morgan fingerprint density at radius 1 is 1.12 bits per heavy atom. The van der Waals surface area contributed by atoms with Gasteiger partial charge in [-0.15, -0.1) is 0 Å². The van der Waals surface area contributed by atoms with E-state index in [1.165, 1.54) is 12.8 Å². The number of carbonyl (C=O) groups is 2. The Morgan fingerprint density at radius 3 is 2.31 bits per heavy atom. The number of carbonyl (C=O) groups excluding carboxylic acids is 2. The Labute approximate surface area is 155 Å². The number of rotatable bonds is 6. The second kappa shape index (κ2) is 7.78. The van der Waals surface area contributed by atoms with E-state index in [0.717, 1.165) is 22.9 Å². The van der Waals surface area contributed by atoms with Gasteiger partial charge in [-0.2, -0.15) is 0 Å². The van der Waals surface area contributed by atoms with Crippen molar-refractivity contribution in [2.24, 2.45) is 0 Å². The Bertz CT molecular complexity index is 627. The van der Waals surface area contributed by atoms with Gasteiger partial charge in [0, 0.05) is 32.1 Å². The normalized spacial score (nSPS) is 27.6. The lowest BCUT2D eigenvalue weighted by molar-refractivity contribution is -0.931. The van der Waals surface area contributed by atoms with Crippen molar-refractivity contribution < 1.29 is 23.5 Å². The Kier molecular flexibility index (Phi) is 5.66. The van der Waals surface area contributed by atoms with E-state index < -0.39 is 5.92 Å². The molecule has 2 aliphatic rings. The number of esters is 2. The molecule has 2 aliphatic heterocycles. The summed E-state index contributed by atoms with van der Waals surface area (Å²) in [6.07, 6.45) is 4.54. The fraction of sp³-hybridized carbons (Fsp3) is 0.619. The number of quaternary nitrogens is 1. The number of hydrogen-bond acceptors (Lipinski definition) is 4. The topological polar surface area (TPSA) is 52.6 Å². The maximum absolute atomic E-state index is 12.9. The van der Waals surface area contributed by atoms with Crippen molar-refractivity contribution in [2.45, 2.75) is 63.1 Å². The van der Waals surface area contributed by atoms with E-state index in [4.69, 9.17) is 9.47 Å². The van der Waals surface area contributed by atoms with E-state index in [0.29, 0.717) is 18.5 Å². The molecule has 2 bridgehead atoms. The summed E-state index contributed by atoms with van der Waals surface area (Å²) in [5.41, 5.74) is 0.830. The maximum atomic E-state index is 12.9. The molecule has 0 aromatic heterocycles. The lowest BCUT2D eigenvalue weighted by atomic mass is 9.96. The fourth-order valence-electron chi connectivity index (χ4n) is 4.44. The molecule has 2 unspecified atom stereocenters. The minimum atomic E-state index is -0.561. The smallest absolute Gasteiger partial charge is 0.317 e. The lowest BCUT2D eigenvalue weighted by Gasteiger charge is -2.44. The van der Waals surface area contributed by atoms with Gasteiger partial charge >= 0.3 is 11.9 Å². The van der Waals surface area contributed by atoms with Crippen molar-refractivity contribution in [2.75, 3.05) is 20.7 Å². The van der Waals surface area contributed by atoms with Gasteiger partial charge in [-0.05, 0) is 5.56 Å². The molecule has 0 amide bonds. The average molecular weight is 360 g/mol. The molecular weight excluding hydrogens is 330 g/mol. The average Bonchev–Trinajstić information content (AvgIpc) is 2.79. The van der Waals surface area contributed by atoms with Crippen molar-refractivity contribution in [1.29, 1.82) is 0 Å². The molecule has 3 rings (SSSR count). The Hall–Kier alpha value is -1.88. The van der Waals surface area contributed by atoms with Gasteiger partial charge < -0.3 is 14.0 Å². The van der Waals surface area contributed by atoms with Gasteiger partial charge in [0.25, 0.3) is 0 Å². The molecule has 4 atom stereocenters. The number of ether oxygens (including phenoxy) is 2. The first-order chi connectivity index (χ1) is 12.4. The first-order valence-electron chi connectivity index (χ1n) is 9.66. The number of fused-ring (bicyclic) bond motifs is 2. The third kappa shape index (κ3) is 3.93. The van der Waals surface area contributed by atoms with Gasteiger partial charge in [-0.3, -0.25) is 9.59 Å². The van der Waals surface area contributed by atoms with Crippen LogP contribution >= 0.6 is 0 Å². The summed E-state index contributed by atoms with van der Waals surface area (Å²) in [4.78, 5) is 24.4. The van der Waals surface area contributed by atoms with E-state index in [1.54, 1.807) is 6.92 Å². The molecule has 5 heteroatoms. The predicted octanol–water partition coefficient (Wildman–Crippen LogP) is 3.04. The number of benzene rings is 1. The second-order valence-corrected chi connectivity index (χ2v) is 8.04. The quantitative estimate of drug-likeness (QED) is 0.578. The molecule has 2 fully saturated rings. The molecular formula is C21H30NO4+. The molecule has 0 N–H and O–H groups in total. The van der Waals surface area contributed by atoms with Crippen LogP contribution in [-0.4, -0.2) is 55.3 Å². The molecule has 1 aromatic rings. The first-order valence-corrected chi connectivity index (χ1v) is 9.66. The summed E-state index contributed by atoms with van der Waals surface area (Å²) >= 11 is 0. The summed E-state index contributed by atoms with van der Waals surface area (Å²) < 4.78 is 12.2. The molecule has 0 radical (unpaired) electrons. The highest BCUT2D eigenvalue weighted by Gasteiger charge is 2.50. The number of piperidine rings is 1. The van der Waals surface area contributed by atoms with Gasteiger partial charge in [0.15, 0.2) is 0 Å². The van der Waals surface area contributed by atoms with Crippen molar-refractivity contribution in [3.8, 4) is 0 Å². The van der Waals surface area contributed by atoms with E-state index in [2.05, 4.69) is 14.1 Å². The summed E-state index contributed by atoms with van der Waals surface area (Å²) in [6, 6.07) is 10.6. The standard InChI is InChI=1S/C21H30NO4/c1-4-20(23)25-14-19(15-8-6-5-7-9-15)21(24)26-18-12-16-10-11-17(13-18)22(16,2)3/h5-9,16-19H,4,10-14H2,1-3H3/q+1/t16-,17+,18?,19?. The van der Waals surface area contributed by atoms with Crippen molar-refractivity contribution >= 4 is 11.9 Å². The zero-order chi connectivity index (χ0) is 18.7. The fourth-order valence-corrected chi connectivity index (χ4v) is 4.44. The Balaban J connectivity index is 1.67. The van der Waals surface area contributed by atoms with Crippen LogP contribution < -0.4 is 0 Å². The van der Waals surface area contributed by atoms with Crippen LogP contribution in [0.5, 0.6) is 0 Å². The molecule has 0 aliphatic carbocycles. The van der Waals surface area contributed by atoms with Gasteiger partial charge in [0.2, 0.25) is 0 Å². The zero-order valence-corrected chi connectivity index (χ0v) is 16.0. The van der Waals surface area contributed by atoms with Crippen molar-refractivity contribution in [3.05, 3.63) is 35.9 Å². The van der Waals surface area contributed by atoms with E-state index >= 15 is 0 Å². The molecule has 0 spiro atoms.